The number of carbonyl (C=O) groups excluding carboxylic acids is 3. The molecule has 1 amide bonds. The highest BCUT2D eigenvalue weighted by atomic mass is 32.1. The maximum absolute atomic E-state index is 12.6. The summed E-state index contributed by atoms with van der Waals surface area (Å²) in [6.07, 6.45) is -4.00. The van der Waals surface area contributed by atoms with Crippen molar-refractivity contribution in [1.29, 1.82) is 0 Å². The molecule has 3 rings (SSSR count). The van der Waals surface area contributed by atoms with Crippen molar-refractivity contribution in [3.8, 4) is 16.2 Å². The zero-order valence-corrected chi connectivity index (χ0v) is 19.2. The molecular formula is C22H21F3N2O7S. The van der Waals surface area contributed by atoms with Crippen LogP contribution in [0.3, 0.4) is 0 Å². The van der Waals surface area contributed by atoms with E-state index in [-0.39, 0.29) is 23.1 Å². The maximum atomic E-state index is 12.6. The Morgan fingerprint density at radius 3 is 2.51 bits per heavy atom. The molecule has 0 saturated carbocycles. The van der Waals surface area contributed by atoms with Gasteiger partial charge in [-0.05, 0) is 50.6 Å². The van der Waals surface area contributed by atoms with Crippen molar-refractivity contribution in [2.24, 2.45) is 5.92 Å². The number of halogens is 3. The fourth-order valence-electron chi connectivity index (χ4n) is 3.47. The van der Waals surface area contributed by atoms with Crippen LogP contribution < -0.4 is 15.4 Å². The van der Waals surface area contributed by atoms with Gasteiger partial charge in [-0.25, -0.2) is 14.4 Å². The highest BCUT2D eigenvalue weighted by molar-refractivity contribution is 7.18. The molecule has 0 atom stereocenters. The molecule has 3 N–H and O–H groups in total. The fraction of sp³-hybridized carbons (Fsp3) is 0.364. The first-order valence-corrected chi connectivity index (χ1v) is 11.2. The molecule has 9 nitrogen and oxygen atoms in total. The van der Waals surface area contributed by atoms with Gasteiger partial charge in [0.1, 0.15) is 5.75 Å². The third-order valence-electron chi connectivity index (χ3n) is 5.14. The Bertz CT molecular complexity index is 1140. The summed E-state index contributed by atoms with van der Waals surface area (Å²) in [6.45, 7) is 2.07. The molecule has 0 spiro atoms. The van der Waals surface area contributed by atoms with Crippen molar-refractivity contribution < 1.29 is 46.9 Å². The minimum atomic E-state index is -5.40. The highest BCUT2D eigenvalue weighted by Gasteiger charge is 2.43. The van der Waals surface area contributed by atoms with Crippen LogP contribution in [0.4, 0.5) is 18.9 Å². The van der Waals surface area contributed by atoms with Crippen LogP contribution in [0.5, 0.6) is 5.75 Å². The first kappa shape index (κ1) is 26.2. The van der Waals surface area contributed by atoms with Crippen molar-refractivity contribution >= 4 is 40.8 Å². The maximum Gasteiger partial charge on any atom is 0.491 e. The fourth-order valence-corrected chi connectivity index (χ4v) is 4.60. The topological polar surface area (TPSA) is 131 Å². The third kappa shape index (κ3) is 6.57. The first-order valence-electron chi connectivity index (χ1n) is 10.4. The number of nitrogens with one attached hydrogen (secondary N) is 2. The molecule has 188 valence electrons. The second kappa shape index (κ2) is 10.9. The number of hydrogen-bond acceptors (Lipinski definition) is 8. The number of hydrogen-bond donors (Lipinski definition) is 3. The standard InChI is InChI=1S/C22H21F3N2O7S/c1-11-16(33-10-15(28)29)18(20(31)34-21(32)22(23,24)25)35-17(11)13-3-2-4-14(9-13)27-19(30)12-5-7-26-8-6-12/h2-4,9,12,26H,5-8,10H2,1H3,(H,27,30)(H,28,29). The lowest BCUT2D eigenvalue weighted by atomic mass is 9.97. The van der Waals surface area contributed by atoms with E-state index in [4.69, 9.17) is 9.84 Å². The van der Waals surface area contributed by atoms with Gasteiger partial charge >= 0.3 is 24.1 Å². The number of esters is 2. The smallest absolute Gasteiger partial charge is 0.480 e. The van der Waals surface area contributed by atoms with Gasteiger partial charge in [-0.3, -0.25) is 4.79 Å². The molecule has 1 saturated heterocycles. The van der Waals surface area contributed by atoms with Crippen molar-refractivity contribution in [3.05, 3.63) is 34.7 Å². The molecule has 1 fully saturated rings. The molecule has 1 aromatic carbocycles. The Morgan fingerprint density at radius 1 is 1.20 bits per heavy atom. The lowest BCUT2D eigenvalue weighted by Crippen LogP contribution is -2.34. The monoisotopic (exact) mass is 514 g/mol. The molecule has 0 radical (unpaired) electrons. The third-order valence-corrected chi connectivity index (χ3v) is 6.44. The molecule has 1 aliphatic rings. The van der Waals surface area contributed by atoms with Crippen LogP contribution in [-0.4, -0.2) is 54.8 Å². The van der Waals surface area contributed by atoms with Gasteiger partial charge in [0.15, 0.2) is 11.5 Å². The first-order chi connectivity index (χ1) is 16.5. The predicted octanol–water partition coefficient (Wildman–Crippen LogP) is 3.37. The van der Waals surface area contributed by atoms with Crippen LogP contribution in [0.15, 0.2) is 24.3 Å². The zero-order chi connectivity index (χ0) is 25.8. The van der Waals surface area contributed by atoms with E-state index >= 15 is 0 Å². The number of carboxylic acids is 1. The number of carbonyl (C=O) groups is 4. The summed E-state index contributed by atoms with van der Waals surface area (Å²) < 4.78 is 46.7. The van der Waals surface area contributed by atoms with Crippen LogP contribution >= 0.6 is 11.3 Å². The highest BCUT2D eigenvalue weighted by Crippen LogP contribution is 2.42. The molecule has 0 bridgehead atoms. The van der Waals surface area contributed by atoms with Crippen molar-refractivity contribution in [2.75, 3.05) is 25.0 Å². The summed E-state index contributed by atoms with van der Waals surface area (Å²) >= 11 is 0.674. The molecule has 0 aliphatic carbocycles. The summed E-state index contributed by atoms with van der Waals surface area (Å²) in [7, 11) is 0. The molecular weight excluding hydrogens is 493 g/mol. The van der Waals surface area contributed by atoms with Gasteiger partial charge in [-0.1, -0.05) is 12.1 Å². The average molecular weight is 514 g/mol. The minimum absolute atomic E-state index is 0.146. The summed E-state index contributed by atoms with van der Waals surface area (Å²) in [5.74, 6) is -6.31. The van der Waals surface area contributed by atoms with Gasteiger partial charge in [0.05, 0.1) is 0 Å². The second-order valence-electron chi connectivity index (χ2n) is 7.67. The van der Waals surface area contributed by atoms with E-state index in [1.54, 1.807) is 24.3 Å². The quantitative estimate of drug-likeness (QED) is 0.379. The lowest BCUT2D eigenvalue weighted by molar-refractivity contribution is -0.193. The van der Waals surface area contributed by atoms with Gasteiger partial charge in [0, 0.05) is 22.0 Å². The van der Waals surface area contributed by atoms with Crippen molar-refractivity contribution in [1.82, 2.24) is 5.32 Å². The summed E-state index contributed by atoms with van der Waals surface area (Å²) in [4.78, 5) is 46.8. The van der Waals surface area contributed by atoms with Gasteiger partial charge in [0.25, 0.3) is 0 Å². The molecule has 35 heavy (non-hydrogen) atoms. The minimum Gasteiger partial charge on any atom is -0.480 e. The number of thiophene rings is 1. The molecule has 0 unspecified atom stereocenters. The Hall–Kier alpha value is -3.45. The van der Waals surface area contributed by atoms with Crippen LogP contribution in [0.2, 0.25) is 0 Å². The van der Waals surface area contributed by atoms with E-state index in [1.165, 1.54) is 6.92 Å². The number of amides is 1. The zero-order valence-electron chi connectivity index (χ0n) is 18.4. The number of ether oxygens (including phenoxy) is 2. The normalized spacial score (nSPS) is 14.3. The van der Waals surface area contributed by atoms with Crippen LogP contribution in [0.25, 0.3) is 10.4 Å². The predicted molar refractivity (Wildman–Crippen MR) is 118 cm³/mol. The summed E-state index contributed by atoms with van der Waals surface area (Å²) in [5.41, 5.74) is 1.20. The van der Waals surface area contributed by atoms with Crippen LogP contribution in [0.1, 0.15) is 28.1 Å². The Labute approximate surface area is 201 Å². The second-order valence-corrected chi connectivity index (χ2v) is 8.69. The van der Waals surface area contributed by atoms with Crippen molar-refractivity contribution in [3.63, 3.8) is 0 Å². The van der Waals surface area contributed by atoms with E-state index in [0.29, 0.717) is 40.3 Å². The van der Waals surface area contributed by atoms with Gasteiger partial charge in [0.2, 0.25) is 5.91 Å². The number of anilines is 1. The van der Waals surface area contributed by atoms with Crippen molar-refractivity contribution in [2.45, 2.75) is 25.9 Å². The Morgan fingerprint density at radius 2 is 1.89 bits per heavy atom. The lowest BCUT2D eigenvalue weighted by Gasteiger charge is -2.21. The number of benzene rings is 1. The molecule has 1 aliphatic heterocycles. The van der Waals surface area contributed by atoms with E-state index in [1.807, 2.05) is 0 Å². The van der Waals surface area contributed by atoms with E-state index < -0.39 is 35.6 Å². The van der Waals surface area contributed by atoms with E-state index in [2.05, 4.69) is 15.4 Å². The molecule has 2 aromatic rings. The van der Waals surface area contributed by atoms with Gasteiger partial charge < -0.3 is 25.2 Å². The van der Waals surface area contributed by atoms with Gasteiger partial charge in [-0.2, -0.15) is 13.2 Å². The number of piperidine rings is 1. The van der Waals surface area contributed by atoms with Crippen LogP contribution in [0, 0.1) is 12.8 Å². The SMILES string of the molecule is Cc1c(-c2cccc(NC(=O)C3CCNCC3)c2)sc(C(=O)OC(=O)C(F)(F)F)c1OCC(=O)O. The average Bonchev–Trinajstić information content (AvgIpc) is 3.14. The number of rotatable bonds is 7. The van der Waals surface area contributed by atoms with Crippen LogP contribution in [-0.2, 0) is 19.1 Å². The molecule has 1 aromatic heterocycles. The Kier molecular flexibility index (Phi) is 8.12. The number of alkyl halides is 3. The largest absolute Gasteiger partial charge is 0.491 e. The molecule has 2 heterocycles. The number of carboxylic acid groups (broad SMARTS) is 1. The number of aliphatic carboxylic acids is 1. The summed E-state index contributed by atoms with van der Waals surface area (Å²) in [5, 5.41) is 14.9. The van der Waals surface area contributed by atoms with Gasteiger partial charge in [-0.15, -0.1) is 11.3 Å². The Balaban J connectivity index is 1.91. The summed E-state index contributed by atoms with van der Waals surface area (Å²) in [6, 6.07) is 6.53. The molecule has 13 heteroatoms. The van der Waals surface area contributed by atoms with E-state index in [0.717, 1.165) is 13.1 Å². The van der Waals surface area contributed by atoms with E-state index in [9.17, 15) is 32.3 Å².